The number of methoxy groups -OCH3 is 1. The standard InChI is InChI=1S/C24H29N9O2/c1-31-11-9-25-23(31)22-28-21(26-15-6-7-16(12-15)35-3)20-19(24(34)27-14-4-5-14)17(13-33(20)30-22)18-8-10-32(2)29-18/h8-11,13-16H,4-7,12H2,1-3H3,(H,27,34)(H,26,28,30)/t15-,16-/m0/s1. The molecule has 11 heteroatoms. The molecular formula is C24H29N9O2. The third-order valence-electron chi connectivity index (χ3n) is 6.84. The Morgan fingerprint density at radius 3 is 2.60 bits per heavy atom. The van der Waals surface area contributed by atoms with E-state index < -0.39 is 0 Å². The second-order valence-electron chi connectivity index (χ2n) is 9.49. The minimum atomic E-state index is -0.131. The molecule has 11 nitrogen and oxygen atoms in total. The largest absolute Gasteiger partial charge is 0.381 e. The number of carbonyl (C=O) groups excluding carboxylic acids is 1. The van der Waals surface area contributed by atoms with Crippen molar-refractivity contribution < 1.29 is 9.53 Å². The number of nitrogens with one attached hydrogen (secondary N) is 2. The highest BCUT2D eigenvalue weighted by Gasteiger charge is 2.31. The molecule has 4 aromatic heterocycles. The fourth-order valence-corrected chi connectivity index (χ4v) is 4.81. The van der Waals surface area contributed by atoms with E-state index in [1.165, 1.54) is 0 Å². The number of aromatic nitrogens is 7. The van der Waals surface area contributed by atoms with Crippen LogP contribution in [0.1, 0.15) is 42.5 Å². The molecule has 2 atom stereocenters. The topological polar surface area (TPSA) is 116 Å². The highest BCUT2D eigenvalue weighted by Crippen LogP contribution is 2.34. The summed E-state index contributed by atoms with van der Waals surface area (Å²) in [6.07, 6.45) is 12.4. The molecule has 1 amide bonds. The maximum absolute atomic E-state index is 13.5. The van der Waals surface area contributed by atoms with Crippen molar-refractivity contribution in [3.63, 3.8) is 0 Å². The van der Waals surface area contributed by atoms with Crippen LogP contribution in [0, 0.1) is 0 Å². The fourth-order valence-electron chi connectivity index (χ4n) is 4.81. The van der Waals surface area contributed by atoms with Crippen LogP contribution in [0.3, 0.4) is 0 Å². The molecule has 0 unspecified atom stereocenters. The third kappa shape index (κ3) is 4.05. The van der Waals surface area contributed by atoms with Crippen molar-refractivity contribution in [2.75, 3.05) is 12.4 Å². The lowest BCUT2D eigenvalue weighted by Gasteiger charge is -2.16. The van der Waals surface area contributed by atoms with Crippen LogP contribution in [0.4, 0.5) is 5.82 Å². The Labute approximate surface area is 202 Å². The van der Waals surface area contributed by atoms with E-state index in [1.54, 1.807) is 22.5 Å². The smallest absolute Gasteiger partial charge is 0.254 e. The lowest BCUT2D eigenvalue weighted by atomic mass is 10.1. The number of carbonyl (C=O) groups is 1. The van der Waals surface area contributed by atoms with Crippen molar-refractivity contribution in [3.8, 4) is 22.9 Å². The predicted octanol–water partition coefficient (Wildman–Crippen LogP) is 2.40. The first-order valence-corrected chi connectivity index (χ1v) is 12.0. The van der Waals surface area contributed by atoms with Gasteiger partial charge < -0.3 is 19.9 Å². The van der Waals surface area contributed by atoms with Gasteiger partial charge in [-0.15, -0.1) is 5.10 Å². The highest BCUT2D eigenvalue weighted by atomic mass is 16.5. The molecule has 2 saturated carbocycles. The van der Waals surface area contributed by atoms with Crippen molar-refractivity contribution in [2.24, 2.45) is 14.1 Å². The van der Waals surface area contributed by atoms with Crippen molar-refractivity contribution >= 4 is 17.2 Å². The van der Waals surface area contributed by atoms with Gasteiger partial charge in [-0.3, -0.25) is 9.48 Å². The Hall–Kier alpha value is -3.73. The monoisotopic (exact) mass is 475 g/mol. The Bertz CT molecular complexity index is 1400. The number of ether oxygens (including phenoxy) is 1. The lowest BCUT2D eigenvalue weighted by molar-refractivity contribution is 0.0953. The van der Waals surface area contributed by atoms with Gasteiger partial charge in [-0.25, -0.2) is 14.5 Å². The summed E-state index contributed by atoms with van der Waals surface area (Å²) < 4.78 is 10.9. The van der Waals surface area contributed by atoms with Gasteiger partial charge in [0.05, 0.1) is 17.4 Å². The Morgan fingerprint density at radius 1 is 1.11 bits per heavy atom. The first-order valence-electron chi connectivity index (χ1n) is 12.0. The minimum absolute atomic E-state index is 0.131. The molecule has 2 fully saturated rings. The molecule has 0 bridgehead atoms. The van der Waals surface area contributed by atoms with Gasteiger partial charge >= 0.3 is 0 Å². The zero-order valence-corrected chi connectivity index (χ0v) is 20.1. The summed E-state index contributed by atoms with van der Waals surface area (Å²) in [5.41, 5.74) is 2.61. The van der Waals surface area contributed by atoms with Crippen LogP contribution >= 0.6 is 0 Å². The van der Waals surface area contributed by atoms with Crippen molar-refractivity contribution in [3.05, 3.63) is 36.4 Å². The highest BCUT2D eigenvalue weighted by molar-refractivity contribution is 6.09. The number of fused-ring (bicyclic) bond motifs is 1. The summed E-state index contributed by atoms with van der Waals surface area (Å²) in [7, 11) is 5.52. The second kappa shape index (κ2) is 8.49. The molecule has 2 aliphatic rings. The average molecular weight is 476 g/mol. The van der Waals surface area contributed by atoms with E-state index in [0.717, 1.165) is 37.7 Å². The summed E-state index contributed by atoms with van der Waals surface area (Å²) in [5, 5.41) is 16.1. The molecule has 182 valence electrons. The molecule has 0 saturated heterocycles. The van der Waals surface area contributed by atoms with Crippen LogP contribution < -0.4 is 10.6 Å². The van der Waals surface area contributed by atoms with Gasteiger partial charge in [-0.2, -0.15) is 5.10 Å². The first-order chi connectivity index (χ1) is 17.0. The van der Waals surface area contributed by atoms with Gasteiger partial charge in [-0.1, -0.05) is 0 Å². The zero-order valence-electron chi connectivity index (χ0n) is 20.1. The molecule has 2 aliphatic carbocycles. The van der Waals surface area contributed by atoms with Gasteiger partial charge in [0.25, 0.3) is 5.91 Å². The zero-order chi connectivity index (χ0) is 24.1. The number of anilines is 1. The number of imidazole rings is 1. The quantitative estimate of drug-likeness (QED) is 0.422. The first kappa shape index (κ1) is 21.8. The summed E-state index contributed by atoms with van der Waals surface area (Å²) in [4.78, 5) is 22.9. The SMILES string of the molecule is CO[C@H]1CC[C@H](Nc2nc(-c3nccn3C)nn3cc(-c4ccn(C)n4)c(C(=O)NC4CC4)c23)C1. The second-order valence-corrected chi connectivity index (χ2v) is 9.49. The van der Waals surface area contributed by atoms with E-state index in [9.17, 15) is 4.79 Å². The van der Waals surface area contributed by atoms with E-state index in [2.05, 4.69) is 20.7 Å². The number of nitrogens with zero attached hydrogens (tertiary/aromatic N) is 7. The molecule has 4 aromatic rings. The van der Waals surface area contributed by atoms with E-state index in [4.69, 9.17) is 14.8 Å². The van der Waals surface area contributed by atoms with Crippen LogP contribution in [-0.4, -0.2) is 65.1 Å². The van der Waals surface area contributed by atoms with E-state index in [1.807, 2.05) is 43.3 Å². The van der Waals surface area contributed by atoms with Crippen LogP contribution in [0.5, 0.6) is 0 Å². The predicted molar refractivity (Wildman–Crippen MR) is 130 cm³/mol. The van der Waals surface area contributed by atoms with Crippen LogP contribution in [-0.2, 0) is 18.8 Å². The number of hydrogen-bond donors (Lipinski definition) is 2. The summed E-state index contributed by atoms with van der Waals surface area (Å²) in [6.45, 7) is 0. The normalized spacial score (nSPS) is 20.0. The van der Waals surface area contributed by atoms with Crippen molar-refractivity contribution in [1.82, 2.24) is 39.2 Å². The molecule has 6 rings (SSSR count). The molecule has 0 spiro atoms. The van der Waals surface area contributed by atoms with E-state index in [0.29, 0.717) is 34.2 Å². The molecule has 35 heavy (non-hydrogen) atoms. The molecular weight excluding hydrogens is 446 g/mol. The fraction of sp³-hybridized carbons (Fsp3) is 0.458. The summed E-state index contributed by atoms with van der Waals surface area (Å²) in [6, 6.07) is 2.30. The molecule has 0 radical (unpaired) electrons. The van der Waals surface area contributed by atoms with Crippen LogP contribution in [0.15, 0.2) is 30.9 Å². The van der Waals surface area contributed by atoms with Gasteiger partial charge in [0.1, 0.15) is 5.52 Å². The Balaban J connectivity index is 1.54. The summed E-state index contributed by atoms with van der Waals surface area (Å²) >= 11 is 0. The van der Waals surface area contributed by atoms with Crippen LogP contribution in [0.2, 0.25) is 0 Å². The van der Waals surface area contributed by atoms with E-state index in [-0.39, 0.29) is 24.1 Å². The molecule has 0 aliphatic heterocycles. The maximum atomic E-state index is 13.5. The van der Waals surface area contributed by atoms with Crippen molar-refractivity contribution in [2.45, 2.75) is 50.3 Å². The molecule has 0 aromatic carbocycles. The lowest BCUT2D eigenvalue weighted by Crippen LogP contribution is -2.26. The Morgan fingerprint density at radius 2 is 1.94 bits per heavy atom. The number of amides is 1. The van der Waals surface area contributed by atoms with Gasteiger partial charge in [0.2, 0.25) is 5.82 Å². The number of aryl methyl sites for hydroxylation is 2. The minimum Gasteiger partial charge on any atom is -0.381 e. The van der Waals surface area contributed by atoms with Gasteiger partial charge in [0.15, 0.2) is 11.6 Å². The van der Waals surface area contributed by atoms with Gasteiger partial charge in [0, 0.05) is 63.6 Å². The Kier molecular flexibility index (Phi) is 5.28. The van der Waals surface area contributed by atoms with Gasteiger partial charge in [-0.05, 0) is 38.2 Å². The molecule has 4 heterocycles. The third-order valence-corrected chi connectivity index (χ3v) is 6.84. The number of hydrogen-bond acceptors (Lipinski definition) is 7. The van der Waals surface area contributed by atoms with Crippen LogP contribution in [0.25, 0.3) is 28.4 Å². The summed E-state index contributed by atoms with van der Waals surface area (Å²) in [5.74, 6) is 1.61. The van der Waals surface area contributed by atoms with Crippen molar-refractivity contribution in [1.29, 1.82) is 0 Å². The molecule has 2 N–H and O–H groups in total. The van der Waals surface area contributed by atoms with E-state index >= 15 is 0 Å². The maximum Gasteiger partial charge on any atom is 0.254 e. The average Bonchev–Trinajstić information content (AvgIpc) is 3.23. The number of rotatable bonds is 7.